The summed E-state index contributed by atoms with van der Waals surface area (Å²) in [6, 6.07) is 8.93. The number of aliphatic hydroxyl groups is 1. The highest BCUT2D eigenvalue weighted by molar-refractivity contribution is 5.30. The lowest BCUT2D eigenvalue weighted by Gasteiger charge is -2.17. The molecular weight excluding hydrogens is 212 g/mol. The summed E-state index contributed by atoms with van der Waals surface area (Å²) < 4.78 is 0. The van der Waals surface area contributed by atoms with Crippen molar-refractivity contribution in [1.29, 1.82) is 0 Å². The molecule has 1 aromatic rings. The van der Waals surface area contributed by atoms with Crippen molar-refractivity contribution < 1.29 is 5.11 Å². The quantitative estimate of drug-likeness (QED) is 0.780. The van der Waals surface area contributed by atoms with Gasteiger partial charge in [-0.15, -0.1) is 0 Å². The van der Waals surface area contributed by atoms with Gasteiger partial charge in [-0.25, -0.2) is 0 Å². The number of hydrogen-bond donors (Lipinski definition) is 2. The summed E-state index contributed by atoms with van der Waals surface area (Å²) in [6.07, 6.45) is 2.18. The fourth-order valence-electron chi connectivity index (χ4n) is 2.45. The molecule has 0 amide bonds. The second-order valence-corrected chi connectivity index (χ2v) is 4.79. The van der Waals surface area contributed by atoms with Gasteiger partial charge in [-0.1, -0.05) is 24.3 Å². The van der Waals surface area contributed by atoms with Crippen LogP contribution in [-0.2, 0) is 13.1 Å². The number of hydrogen-bond acceptors (Lipinski definition) is 3. The molecule has 94 valence electrons. The van der Waals surface area contributed by atoms with Gasteiger partial charge in [-0.2, -0.15) is 0 Å². The SMILES string of the molecule is CN[C@H](CO)CCCN1Cc2ccccc2C1. The summed E-state index contributed by atoms with van der Waals surface area (Å²) in [6.45, 7) is 3.52. The van der Waals surface area contributed by atoms with Crippen molar-refractivity contribution in [3.05, 3.63) is 35.4 Å². The van der Waals surface area contributed by atoms with Crippen LogP contribution in [0, 0.1) is 0 Å². The molecule has 0 saturated carbocycles. The number of nitrogens with zero attached hydrogens (tertiary/aromatic N) is 1. The second kappa shape index (κ2) is 6.15. The highest BCUT2D eigenvalue weighted by Gasteiger charge is 2.17. The van der Waals surface area contributed by atoms with Gasteiger partial charge in [-0.3, -0.25) is 4.90 Å². The van der Waals surface area contributed by atoms with Crippen LogP contribution in [0.15, 0.2) is 24.3 Å². The normalized spacial score (nSPS) is 17.1. The molecule has 1 aliphatic rings. The van der Waals surface area contributed by atoms with Crippen LogP contribution in [0.2, 0.25) is 0 Å². The predicted molar refractivity (Wildman–Crippen MR) is 69.7 cm³/mol. The lowest BCUT2D eigenvalue weighted by molar-refractivity contribution is 0.225. The smallest absolute Gasteiger partial charge is 0.0584 e. The first-order valence-corrected chi connectivity index (χ1v) is 6.40. The Labute approximate surface area is 103 Å². The molecule has 0 saturated heterocycles. The molecule has 3 nitrogen and oxygen atoms in total. The zero-order valence-electron chi connectivity index (χ0n) is 10.5. The van der Waals surface area contributed by atoms with Crippen LogP contribution in [-0.4, -0.2) is 36.2 Å². The van der Waals surface area contributed by atoms with Crippen molar-refractivity contribution in [3.63, 3.8) is 0 Å². The summed E-state index contributed by atoms with van der Waals surface area (Å²) in [4.78, 5) is 2.48. The van der Waals surface area contributed by atoms with Gasteiger partial charge < -0.3 is 10.4 Å². The van der Waals surface area contributed by atoms with Crippen LogP contribution >= 0.6 is 0 Å². The van der Waals surface area contributed by atoms with E-state index in [4.69, 9.17) is 5.11 Å². The summed E-state index contributed by atoms with van der Waals surface area (Å²) in [5, 5.41) is 12.2. The topological polar surface area (TPSA) is 35.5 Å². The van der Waals surface area contributed by atoms with E-state index < -0.39 is 0 Å². The Hall–Kier alpha value is -0.900. The summed E-state index contributed by atoms with van der Waals surface area (Å²) in [5.41, 5.74) is 2.94. The molecule has 0 bridgehead atoms. The van der Waals surface area contributed by atoms with Crippen molar-refractivity contribution in [2.24, 2.45) is 0 Å². The Morgan fingerprint density at radius 3 is 2.47 bits per heavy atom. The number of nitrogens with one attached hydrogen (secondary N) is 1. The molecule has 0 fully saturated rings. The number of likely N-dealkylation sites (N-methyl/N-ethyl adjacent to an activating group) is 1. The Balaban J connectivity index is 1.73. The van der Waals surface area contributed by atoms with Crippen LogP contribution < -0.4 is 5.32 Å². The molecule has 0 radical (unpaired) electrons. The third-order valence-corrected chi connectivity index (χ3v) is 3.56. The van der Waals surface area contributed by atoms with Crippen molar-refractivity contribution >= 4 is 0 Å². The molecule has 1 heterocycles. The van der Waals surface area contributed by atoms with E-state index in [0.717, 1.165) is 32.5 Å². The molecule has 0 spiro atoms. The Morgan fingerprint density at radius 1 is 1.29 bits per heavy atom. The van der Waals surface area contributed by atoms with Crippen molar-refractivity contribution in [1.82, 2.24) is 10.2 Å². The first-order valence-electron chi connectivity index (χ1n) is 6.40. The third-order valence-electron chi connectivity index (χ3n) is 3.56. The van der Waals surface area contributed by atoms with Gasteiger partial charge in [0.25, 0.3) is 0 Å². The largest absolute Gasteiger partial charge is 0.395 e. The van der Waals surface area contributed by atoms with Gasteiger partial charge in [0.1, 0.15) is 0 Å². The van der Waals surface area contributed by atoms with Crippen molar-refractivity contribution in [2.75, 3.05) is 20.2 Å². The number of aliphatic hydroxyl groups excluding tert-OH is 1. The maximum atomic E-state index is 9.08. The minimum atomic E-state index is 0.233. The Morgan fingerprint density at radius 2 is 1.94 bits per heavy atom. The highest BCUT2D eigenvalue weighted by Crippen LogP contribution is 2.22. The maximum absolute atomic E-state index is 9.08. The van der Waals surface area contributed by atoms with E-state index >= 15 is 0 Å². The second-order valence-electron chi connectivity index (χ2n) is 4.79. The molecular formula is C14H22N2O. The minimum absolute atomic E-state index is 0.233. The number of fused-ring (bicyclic) bond motifs is 1. The van der Waals surface area contributed by atoms with Gasteiger partial charge in [0.2, 0.25) is 0 Å². The van der Waals surface area contributed by atoms with Gasteiger partial charge >= 0.3 is 0 Å². The summed E-state index contributed by atoms with van der Waals surface area (Å²) in [7, 11) is 1.91. The monoisotopic (exact) mass is 234 g/mol. The first kappa shape index (κ1) is 12.6. The van der Waals surface area contributed by atoms with Gasteiger partial charge in [0.05, 0.1) is 6.61 Å². The zero-order valence-corrected chi connectivity index (χ0v) is 10.5. The van der Waals surface area contributed by atoms with E-state index in [0.29, 0.717) is 0 Å². The molecule has 0 aliphatic carbocycles. The Kier molecular flexibility index (Phi) is 4.54. The van der Waals surface area contributed by atoms with Crippen LogP contribution in [0.25, 0.3) is 0 Å². The molecule has 17 heavy (non-hydrogen) atoms. The molecule has 3 heteroatoms. The van der Waals surface area contributed by atoms with E-state index in [9.17, 15) is 0 Å². The lowest BCUT2D eigenvalue weighted by atomic mass is 10.1. The Bertz CT molecular complexity index is 325. The van der Waals surface area contributed by atoms with E-state index in [2.05, 4.69) is 34.5 Å². The lowest BCUT2D eigenvalue weighted by Crippen LogP contribution is -2.30. The average molecular weight is 234 g/mol. The van der Waals surface area contributed by atoms with Crippen LogP contribution in [0.5, 0.6) is 0 Å². The van der Waals surface area contributed by atoms with Gasteiger partial charge in [0, 0.05) is 19.1 Å². The molecule has 1 atom stereocenters. The van der Waals surface area contributed by atoms with Gasteiger partial charge in [0.15, 0.2) is 0 Å². The minimum Gasteiger partial charge on any atom is -0.395 e. The molecule has 2 N–H and O–H groups in total. The van der Waals surface area contributed by atoms with E-state index in [1.807, 2.05) is 7.05 Å². The van der Waals surface area contributed by atoms with E-state index in [1.54, 1.807) is 0 Å². The summed E-state index contributed by atoms with van der Waals surface area (Å²) in [5.74, 6) is 0. The third kappa shape index (κ3) is 3.28. The van der Waals surface area contributed by atoms with Crippen molar-refractivity contribution in [2.45, 2.75) is 32.0 Å². The van der Waals surface area contributed by atoms with E-state index in [1.165, 1.54) is 11.1 Å². The maximum Gasteiger partial charge on any atom is 0.0584 e. The fraction of sp³-hybridized carbons (Fsp3) is 0.571. The van der Waals surface area contributed by atoms with Crippen LogP contribution in [0.1, 0.15) is 24.0 Å². The molecule has 1 aromatic carbocycles. The predicted octanol–water partition coefficient (Wildman–Crippen LogP) is 1.36. The first-order chi connectivity index (χ1) is 8.33. The average Bonchev–Trinajstić information content (AvgIpc) is 2.77. The zero-order chi connectivity index (χ0) is 12.1. The highest BCUT2D eigenvalue weighted by atomic mass is 16.3. The molecule has 1 aliphatic heterocycles. The van der Waals surface area contributed by atoms with Crippen molar-refractivity contribution in [3.8, 4) is 0 Å². The number of rotatable bonds is 6. The standard InChI is InChI=1S/C14H22N2O/c1-15-14(11-17)7-4-8-16-9-12-5-2-3-6-13(12)10-16/h2-3,5-6,14-15,17H,4,7-11H2,1H3/t14-/m0/s1. The molecule has 0 aromatic heterocycles. The number of benzene rings is 1. The van der Waals surface area contributed by atoms with E-state index in [-0.39, 0.29) is 12.6 Å². The molecule has 0 unspecified atom stereocenters. The molecule has 2 rings (SSSR count). The van der Waals surface area contributed by atoms with Gasteiger partial charge in [-0.05, 0) is 37.6 Å². The van der Waals surface area contributed by atoms with Crippen LogP contribution in [0.4, 0.5) is 0 Å². The van der Waals surface area contributed by atoms with Crippen LogP contribution in [0.3, 0.4) is 0 Å². The summed E-state index contributed by atoms with van der Waals surface area (Å²) >= 11 is 0. The fourth-order valence-corrected chi connectivity index (χ4v) is 2.45.